The second-order valence-electron chi connectivity index (χ2n) is 3.05. The SMILES string of the molecule is CS(=O)(=O)Nc1ccc(F)cc1NC(N)=S. The summed E-state index contributed by atoms with van der Waals surface area (Å²) in [4.78, 5) is 0. The van der Waals surface area contributed by atoms with Gasteiger partial charge in [-0.1, -0.05) is 0 Å². The Hall–Kier alpha value is -1.41. The van der Waals surface area contributed by atoms with Crippen molar-refractivity contribution in [2.24, 2.45) is 5.73 Å². The molecule has 16 heavy (non-hydrogen) atoms. The first kappa shape index (κ1) is 12.7. The summed E-state index contributed by atoms with van der Waals surface area (Å²) in [5.41, 5.74) is 5.57. The summed E-state index contributed by atoms with van der Waals surface area (Å²) in [5, 5.41) is 2.40. The second-order valence-corrected chi connectivity index (χ2v) is 5.24. The van der Waals surface area contributed by atoms with Gasteiger partial charge >= 0.3 is 0 Å². The summed E-state index contributed by atoms with van der Waals surface area (Å²) in [6, 6.07) is 3.49. The Morgan fingerprint density at radius 3 is 2.56 bits per heavy atom. The lowest BCUT2D eigenvalue weighted by Gasteiger charge is -2.11. The molecule has 8 heteroatoms. The first-order valence-electron chi connectivity index (χ1n) is 4.12. The highest BCUT2D eigenvalue weighted by atomic mass is 32.2. The van der Waals surface area contributed by atoms with Crippen LogP contribution in [0.5, 0.6) is 0 Å². The molecule has 0 bridgehead atoms. The van der Waals surface area contributed by atoms with Crippen LogP contribution >= 0.6 is 12.2 Å². The van der Waals surface area contributed by atoms with Crippen LogP contribution in [0.25, 0.3) is 0 Å². The average Bonchev–Trinajstić information content (AvgIpc) is 2.06. The zero-order chi connectivity index (χ0) is 12.3. The largest absolute Gasteiger partial charge is 0.376 e. The van der Waals surface area contributed by atoms with Gasteiger partial charge in [0.05, 0.1) is 17.6 Å². The summed E-state index contributed by atoms with van der Waals surface area (Å²) in [5.74, 6) is -0.530. The molecule has 0 unspecified atom stereocenters. The lowest BCUT2D eigenvalue weighted by Crippen LogP contribution is -2.21. The molecule has 0 heterocycles. The number of hydrogen-bond donors (Lipinski definition) is 3. The zero-order valence-electron chi connectivity index (χ0n) is 8.32. The summed E-state index contributed by atoms with van der Waals surface area (Å²) in [6.45, 7) is 0. The van der Waals surface area contributed by atoms with Crippen LogP contribution in [0.3, 0.4) is 0 Å². The van der Waals surface area contributed by atoms with Gasteiger partial charge in [0.1, 0.15) is 5.82 Å². The summed E-state index contributed by atoms with van der Waals surface area (Å²) in [7, 11) is -3.44. The number of rotatable bonds is 3. The number of anilines is 2. The Balaban J connectivity index is 3.12. The van der Waals surface area contributed by atoms with E-state index >= 15 is 0 Å². The van der Waals surface area contributed by atoms with E-state index in [0.717, 1.165) is 18.4 Å². The van der Waals surface area contributed by atoms with E-state index < -0.39 is 15.8 Å². The lowest BCUT2D eigenvalue weighted by molar-refractivity contribution is 0.606. The van der Waals surface area contributed by atoms with Gasteiger partial charge in [0.25, 0.3) is 0 Å². The molecule has 88 valence electrons. The maximum absolute atomic E-state index is 12.9. The van der Waals surface area contributed by atoms with Gasteiger partial charge in [-0.05, 0) is 30.4 Å². The number of benzene rings is 1. The van der Waals surface area contributed by atoms with Crippen molar-refractivity contribution in [3.63, 3.8) is 0 Å². The van der Waals surface area contributed by atoms with Gasteiger partial charge in [-0.2, -0.15) is 0 Å². The Morgan fingerprint density at radius 1 is 1.44 bits per heavy atom. The fraction of sp³-hybridized carbons (Fsp3) is 0.125. The molecular formula is C8H10FN3O2S2. The maximum atomic E-state index is 12.9. The van der Waals surface area contributed by atoms with Crippen LogP contribution in [0.4, 0.5) is 15.8 Å². The Kier molecular flexibility index (Phi) is 3.66. The quantitative estimate of drug-likeness (QED) is 0.704. The Bertz CT molecular complexity index is 516. The third-order valence-electron chi connectivity index (χ3n) is 1.53. The van der Waals surface area contributed by atoms with Crippen LogP contribution in [0.15, 0.2) is 18.2 Å². The minimum atomic E-state index is -3.44. The lowest BCUT2D eigenvalue weighted by atomic mass is 10.2. The highest BCUT2D eigenvalue weighted by Crippen LogP contribution is 2.23. The van der Waals surface area contributed by atoms with Gasteiger partial charge in [0.15, 0.2) is 5.11 Å². The van der Waals surface area contributed by atoms with E-state index in [1.54, 1.807) is 0 Å². The molecule has 0 fully saturated rings. The van der Waals surface area contributed by atoms with E-state index in [9.17, 15) is 12.8 Å². The highest BCUT2D eigenvalue weighted by molar-refractivity contribution is 7.92. The van der Waals surface area contributed by atoms with Crippen LogP contribution in [-0.2, 0) is 10.0 Å². The number of sulfonamides is 1. The highest BCUT2D eigenvalue weighted by Gasteiger charge is 2.08. The monoisotopic (exact) mass is 263 g/mol. The van der Waals surface area contributed by atoms with Crippen molar-refractivity contribution in [2.45, 2.75) is 0 Å². The standard InChI is InChI=1S/C8H10FN3O2S2/c1-16(13,14)12-6-3-2-5(9)4-7(6)11-8(10)15/h2-4,12H,1H3,(H3,10,11,15). The molecule has 0 aliphatic heterocycles. The van der Waals surface area contributed by atoms with E-state index in [0.29, 0.717) is 0 Å². The van der Waals surface area contributed by atoms with Crippen LogP contribution in [0.1, 0.15) is 0 Å². The molecule has 1 rings (SSSR count). The van der Waals surface area contributed by atoms with Crippen LogP contribution in [-0.4, -0.2) is 19.8 Å². The first-order chi connectivity index (χ1) is 7.28. The van der Waals surface area contributed by atoms with E-state index in [1.165, 1.54) is 6.07 Å². The molecule has 0 radical (unpaired) electrons. The molecule has 0 atom stereocenters. The summed E-state index contributed by atoms with van der Waals surface area (Å²) >= 11 is 4.59. The third kappa shape index (κ3) is 3.99. The van der Waals surface area contributed by atoms with Crippen molar-refractivity contribution < 1.29 is 12.8 Å². The molecule has 0 amide bonds. The molecule has 0 aromatic heterocycles. The van der Waals surface area contributed by atoms with Gasteiger partial charge in [-0.25, -0.2) is 12.8 Å². The predicted octanol–water partition coefficient (Wildman–Crippen LogP) is 0.853. The van der Waals surface area contributed by atoms with E-state index in [-0.39, 0.29) is 16.5 Å². The van der Waals surface area contributed by atoms with E-state index in [4.69, 9.17) is 5.73 Å². The van der Waals surface area contributed by atoms with Crippen molar-refractivity contribution in [1.82, 2.24) is 0 Å². The summed E-state index contributed by atoms with van der Waals surface area (Å²) in [6.07, 6.45) is 0.987. The van der Waals surface area contributed by atoms with Gasteiger partial charge in [-0.15, -0.1) is 0 Å². The molecule has 0 spiro atoms. The van der Waals surface area contributed by atoms with Gasteiger partial charge in [-0.3, -0.25) is 4.72 Å². The number of hydrogen-bond acceptors (Lipinski definition) is 3. The molecule has 0 saturated carbocycles. The first-order valence-corrected chi connectivity index (χ1v) is 6.42. The Labute approximate surface area is 97.9 Å². The van der Waals surface area contributed by atoms with Crippen molar-refractivity contribution in [1.29, 1.82) is 0 Å². The second kappa shape index (κ2) is 4.62. The van der Waals surface area contributed by atoms with Crippen molar-refractivity contribution >= 4 is 38.7 Å². The molecule has 1 aromatic carbocycles. The third-order valence-corrected chi connectivity index (χ3v) is 2.23. The molecular weight excluding hydrogens is 253 g/mol. The van der Waals surface area contributed by atoms with Gasteiger partial charge in [0, 0.05) is 0 Å². The minimum absolute atomic E-state index is 0.0813. The molecule has 5 nitrogen and oxygen atoms in total. The van der Waals surface area contributed by atoms with E-state index in [2.05, 4.69) is 22.3 Å². The normalized spacial score (nSPS) is 10.9. The average molecular weight is 263 g/mol. The van der Waals surface area contributed by atoms with Crippen LogP contribution in [0, 0.1) is 5.82 Å². The molecule has 1 aromatic rings. The number of nitrogens with one attached hydrogen (secondary N) is 2. The molecule has 0 aliphatic carbocycles. The topological polar surface area (TPSA) is 84.2 Å². The number of nitrogens with two attached hydrogens (primary N) is 1. The van der Waals surface area contributed by atoms with Gasteiger partial charge < -0.3 is 11.1 Å². The molecule has 0 aliphatic rings. The predicted molar refractivity (Wildman–Crippen MR) is 65.3 cm³/mol. The van der Waals surface area contributed by atoms with Crippen molar-refractivity contribution in [3.05, 3.63) is 24.0 Å². The van der Waals surface area contributed by atoms with Crippen molar-refractivity contribution in [2.75, 3.05) is 16.3 Å². The molecule has 4 N–H and O–H groups in total. The van der Waals surface area contributed by atoms with Gasteiger partial charge in [0.2, 0.25) is 10.0 Å². The molecule has 0 saturated heterocycles. The number of thiocarbonyl (C=S) groups is 1. The van der Waals surface area contributed by atoms with Crippen LogP contribution < -0.4 is 15.8 Å². The van der Waals surface area contributed by atoms with Crippen molar-refractivity contribution in [3.8, 4) is 0 Å². The zero-order valence-corrected chi connectivity index (χ0v) is 9.95. The maximum Gasteiger partial charge on any atom is 0.229 e. The number of halogens is 1. The van der Waals surface area contributed by atoms with E-state index in [1.807, 2.05) is 0 Å². The smallest absolute Gasteiger partial charge is 0.229 e. The van der Waals surface area contributed by atoms with Crippen LogP contribution in [0.2, 0.25) is 0 Å². The minimum Gasteiger partial charge on any atom is -0.376 e. The fourth-order valence-electron chi connectivity index (χ4n) is 1.04. The fourth-order valence-corrected chi connectivity index (χ4v) is 1.73. The summed E-state index contributed by atoms with van der Waals surface area (Å²) < 4.78 is 37.2. The Morgan fingerprint density at radius 2 is 2.06 bits per heavy atom.